The molecule has 0 unspecified atom stereocenters. The maximum Gasteiger partial charge on any atom is 0.0589 e. The molecule has 13 heavy (non-hydrogen) atoms. The summed E-state index contributed by atoms with van der Waals surface area (Å²) in [4.78, 5) is 2.64. The Morgan fingerprint density at radius 1 is 1.31 bits per heavy atom. The molecule has 2 heterocycles. The normalized spacial score (nSPS) is 34.8. The lowest BCUT2D eigenvalue weighted by Gasteiger charge is -2.26. The molecule has 0 aliphatic carbocycles. The van der Waals surface area contributed by atoms with Gasteiger partial charge in [-0.2, -0.15) is 0 Å². The number of nitrogens with one attached hydrogen (secondary N) is 1. The van der Waals surface area contributed by atoms with E-state index in [1.807, 2.05) is 0 Å². The van der Waals surface area contributed by atoms with Gasteiger partial charge < -0.3 is 10.1 Å². The second-order valence-electron chi connectivity index (χ2n) is 4.11. The first-order valence-electron chi connectivity index (χ1n) is 5.37. The smallest absolute Gasteiger partial charge is 0.0589 e. The monoisotopic (exact) mass is 184 g/mol. The van der Waals surface area contributed by atoms with Crippen molar-refractivity contribution in [3.8, 4) is 0 Å². The highest BCUT2D eigenvalue weighted by atomic mass is 16.5. The number of methoxy groups -OCH3 is 1. The lowest BCUT2D eigenvalue weighted by molar-refractivity contribution is 0.121. The Hall–Kier alpha value is -0.120. The summed E-state index contributed by atoms with van der Waals surface area (Å²) in [6, 6.07) is 1.61. The van der Waals surface area contributed by atoms with Gasteiger partial charge >= 0.3 is 0 Å². The molecule has 0 aromatic heterocycles. The molecule has 2 atom stereocenters. The molecule has 2 bridgehead atoms. The van der Waals surface area contributed by atoms with Gasteiger partial charge in [0.1, 0.15) is 0 Å². The molecule has 2 aliphatic heterocycles. The van der Waals surface area contributed by atoms with E-state index < -0.39 is 0 Å². The van der Waals surface area contributed by atoms with Crippen molar-refractivity contribution < 1.29 is 4.74 Å². The lowest BCUT2D eigenvalue weighted by atomic mass is 10.1. The molecule has 0 saturated carbocycles. The molecule has 2 fully saturated rings. The van der Waals surface area contributed by atoms with Gasteiger partial charge in [-0.3, -0.25) is 4.90 Å². The summed E-state index contributed by atoms with van der Waals surface area (Å²) in [5.74, 6) is 0. The van der Waals surface area contributed by atoms with E-state index >= 15 is 0 Å². The second-order valence-corrected chi connectivity index (χ2v) is 4.11. The number of ether oxygens (including phenoxy) is 1. The van der Waals surface area contributed by atoms with E-state index in [4.69, 9.17) is 4.74 Å². The highest BCUT2D eigenvalue weighted by Crippen LogP contribution is 2.27. The van der Waals surface area contributed by atoms with Gasteiger partial charge in [-0.05, 0) is 25.8 Å². The molecule has 1 N–H and O–H groups in total. The van der Waals surface area contributed by atoms with Crippen LogP contribution in [-0.2, 0) is 4.74 Å². The number of fused-ring (bicyclic) bond motifs is 2. The van der Waals surface area contributed by atoms with Crippen LogP contribution in [0.3, 0.4) is 0 Å². The van der Waals surface area contributed by atoms with Crippen LogP contribution in [0.1, 0.15) is 19.3 Å². The van der Waals surface area contributed by atoms with Crippen LogP contribution < -0.4 is 5.32 Å². The minimum atomic E-state index is 0.780. The molecule has 2 aliphatic rings. The predicted octanol–water partition coefficient (Wildman–Crippen LogP) is 0.459. The number of hydrogen-bond acceptors (Lipinski definition) is 3. The zero-order valence-corrected chi connectivity index (χ0v) is 8.46. The van der Waals surface area contributed by atoms with E-state index in [-0.39, 0.29) is 0 Å². The van der Waals surface area contributed by atoms with Crippen LogP contribution in [0, 0.1) is 0 Å². The highest BCUT2D eigenvalue weighted by molar-refractivity contribution is 4.91. The zero-order valence-electron chi connectivity index (χ0n) is 8.46. The van der Waals surface area contributed by atoms with Crippen molar-refractivity contribution in [2.75, 3.05) is 33.4 Å². The van der Waals surface area contributed by atoms with Gasteiger partial charge in [0.25, 0.3) is 0 Å². The third kappa shape index (κ3) is 2.03. The molecule has 0 aromatic carbocycles. The van der Waals surface area contributed by atoms with E-state index in [2.05, 4.69) is 10.2 Å². The third-order valence-corrected chi connectivity index (χ3v) is 3.36. The molecule has 2 saturated heterocycles. The summed E-state index contributed by atoms with van der Waals surface area (Å²) in [6.07, 6.45) is 4.09. The van der Waals surface area contributed by atoms with Crippen molar-refractivity contribution >= 4 is 0 Å². The quantitative estimate of drug-likeness (QED) is 0.689. The molecule has 0 spiro atoms. The fourth-order valence-corrected chi connectivity index (χ4v) is 2.64. The summed E-state index contributed by atoms with van der Waals surface area (Å²) < 4.78 is 5.15. The van der Waals surface area contributed by atoms with E-state index in [1.165, 1.54) is 32.4 Å². The van der Waals surface area contributed by atoms with Crippen LogP contribution in [0.4, 0.5) is 0 Å². The first kappa shape index (κ1) is 9.44. The molecular formula is C10H20N2O. The van der Waals surface area contributed by atoms with Crippen LogP contribution in [0.25, 0.3) is 0 Å². The summed E-state index contributed by atoms with van der Waals surface area (Å²) in [5, 5.41) is 3.50. The van der Waals surface area contributed by atoms with Crippen molar-refractivity contribution in [2.24, 2.45) is 0 Å². The lowest BCUT2D eigenvalue weighted by Crippen LogP contribution is -2.39. The maximum absolute atomic E-state index is 5.15. The van der Waals surface area contributed by atoms with Crippen LogP contribution >= 0.6 is 0 Å². The van der Waals surface area contributed by atoms with E-state index in [9.17, 15) is 0 Å². The molecule has 0 radical (unpaired) electrons. The topological polar surface area (TPSA) is 24.5 Å². The summed E-state index contributed by atoms with van der Waals surface area (Å²) in [6.45, 7) is 4.38. The number of nitrogens with zero attached hydrogens (tertiary/aromatic N) is 1. The zero-order chi connectivity index (χ0) is 9.10. The van der Waals surface area contributed by atoms with Gasteiger partial charge in [0.05, 0.1) is 6.61 Å². The average molecular weight is 184 g/mol. The fraction of sp³-hybridized carbons (Fsp3) is 1.00. The molecule has 3 nitrogen and oxygen atoms in total. The maximum atomic E-state index is 5.15. The molecule has 0 amide bonds. The Labute approximate surface area is 80.4 Å². The minimum absolute atomic E-state index is 0.780. The summed E-state index contributed by atoms with van der Waals surface area (Å²) in [5.41, 5.74) is 0. The molecular weight excluding hydrogens is 164 g/mol. The molecule has 0 aromatic rings. The van der Waals surface area contributed by atoms with Gasteiger partial charge in [0.2, 0.25) is 0 Å². The first-order chi connectivity index (χ1) is 6.42. The SMILES string of the molecule is COCCN1[C@H]2CCNC[C@@H]1CC2. The van der Waals surface area contributed by atoms with Gasteiger partial charge in [0.15, 0.2) is 0 Å². The highest BCUT2D eigenvalue weighted by Gasteiger charge is 2.33. The van der Waals surface area contributed by atoms with Gasteiger partial charge in [-0.25, -0.2) is 0 Å². The largest absolute Gasteiger partial charge is 0.383 e. The molecule has 2 rings (SSSR count). The van der Waals surface area contributed by atoms with E-state index in [0.717, 1.165) is 25.2 Å². The van der Waals surface area contributed by atoms with Crippen molar-refractivity contribution in [3.05, 3.63) is 0 Å². The standard InChI is InChI=1S/C10H20N2O/c1-13-7-6-12-9-2-3-10(12)8-11-5-4-9/h9-11H,2-8H2,1H3/t9-,10+/m1/s1. The van der Waals surface area contributed by atoms with Crippen molar-refractivity contribution in [1.29, 1.82) is 0 Å². The Morgan fingerprint density at radius 3 is 3.00 bits per heavy atom. The Bertz CT molecular complexity index is 149. The van der Waals surface area contributed by atoms with Crippen LogP contribution in [0.15, 0.2) is 0 Å². The minimum Gasteiger partial charge on any atom is -0.383 e. The van der Waals surface area contributed by atoms with Crippen molar-refractivity contribution in [2.45, 2.75) is 31.3 Å². The Morgan fingerprint density at radius 2 is 2.15 bits per heavy atom. The van der Waals surface area contributed by atoms with Gasteiger partial charge in [0, 0.05) is 32.3 Å². The van der Waals surface area contributed by atoms with E-state index in [1.54, 1.807) is 7.11 Å². The Kier molecular flexibility index (Phi) is 3.19. The summed E-state index contributed by atoms with van der Waals surface area (Å²) in [7, 11) is 1.79. The van der Waals surface area contributed by atoms with Crippen molar-refractivity contribution in [1.82, 2.24) is 10.2 Å². The van der Waals surface area contributed by atoms with Gasteiger partial charge in [-0.15, -0.1) is 0 Å². The predicted molar refractivity (Wildman–Crippen MR) is 52.9 cm³/mol. The Balaban J connectivity index is 1.91. The van der Waals surface area contributed by atoms with Gasteiger partial charge in [-0.1, -0.05) is 0 Å². The molecule has 3 heteroatoms. The number of rotatable bonds is 3. The third-order valence-electron chi connectivity index (χ3n) is 3.36. The van der Waals surface area contributed by atoms with Crippen LogP contribution in [-0.4, -0.2) is 50.3 Å². The molecule has 76 valence electrons. The first-order valence-corrected chi connectivity index (χ1v) is 5.37. The fourth-order valence-electron chi connectivity index (χ4n) is 2.64. The number of hydrogen-bond donors (Lipinski definition) is 1. The second kappa shape index (κ2) is 4.40. The average Bonchev–Trinajstić information content (AvgIpc) is 2.36. The van der Waals surface area contributed by atoms with Crippen LogP contribution in [0.2, 0.25) is 0 Å². The van der Waals surface area contributed by atoms with Crippen molar-refractivity contribution in [3.63, 3.8) is 0 Å². The summed E-state index contributed by atoms with van der Waals surface area (Å²) >= 11 is 0. The van der Waals surface area contributed by atoms with Crippen LogP contribution in [0.5, 0.6) is 0 Å². The van der Waals surface area contributed by atoms with E-state index in [0.29, 0.717) is 0 Å².